The Hall–Kier alpha value is -0.620. The first-order valence-corrected chi connectivity index (χ1v) is 11.9. The summed E-state index contributed by atoms with van der Waals surface area (Å²) in [7, 11) is 0.665. The molecule has 7 nitrogen and oxygen atoms in total. The molecule has 0 spiro atoms. The van der Waals surface area contributed by atoms with Gasteiger partial charge < -0.3 is 19.7 Å². The van der Waals surface area contributed by atoms with E-state index >= 15 is 0 Å². The van der Waals surface area contributed by atoms with Crippen LogP contribution in [-0.4, -0.2) is 39.4 Å². The van der Waals surface area contributed by atoms with Crippen LogP contribution in [0.5, 0.6) is 0 Å². The van der Waals surface area contributed by atoms with Crippen molar-refractivity contribution < 1.29 is 18.6 Å². The molecule has 0 aromatic heterocycles. The molecule has 1 unspecified atom stereocenters. The molecule has 0 aromatic carbocycles. The molecule has 27 heavy (non-hydrogen) atoms. The second-order valence-corrected chi connectivity index (χ2v) is 9.14. The van der Waals surface area contributed by atoms with E-state index in [0.717, 1.165) is 12.8 Å². The molecule has 0 bridgehead atoms. The van der Waals surface area contributed by atoms with E-state index in [-0.39, 0.29) is 5.96 Å². The highest BCUT2D eigenvalue weighted by Gasteiger charge is 2.50. The quantitative estimate of drug-likeness (QED) is 0.116. The normalized spacial score (nSPS) is 14.9. The van der Waals surface area contributed by atoms with E-state index in [4.69, 9.17) is 19.7 Å². The van der Waals surface area contributed by atoms with Gasteiger partial charge in [0, 0.05) is 34.3 Å². The highest BCUT2D eigenvalue weighted by atomic mass is 31.2. The first-order valence-electron chi connectivity index (χ1n) is 10.3. The van der Waals surface area contributed by atoms with E-state index in [1.54, 1.807) is 6.92 Å². The molecular formula is C19H42N3O4P. The fourth-order valence-corrected chi connectivity index (χ4v) is 4.88. The Kier molecular flexibility index (Phi) is 15.0. The van der Waals surface area contributed by atoms with Crippen LogP contribution < -0.4 is 10.8 Å². The maximum absolute atomic E-state index is 13.1. The van der Waals surface area contributed by atoms with Crippen LogP contribution >= 0.6 is 7.52 Å². The van der Waals surface area contributed by atoms with E-state index in [9.17, 15) is 4.57 Å². The number of nitrogens with two attached hydrogens (primary N) is 1. The Morgan fingerprint density at radius 2 is 1.41 bits per heavy atom. The van der Waals surface area contributed by atoms with Gasteiger partial charge in [0.15, 0.2) is 5.96 Å². The van der Waals surface area contributed by atoms with Gasteiger partial charge in [-0.3, -0.25) is 14.6 Å². The average molecular weight is 408 g/mol. The van der Waals surface area contributed by atoms with Gasteiger partial charge >= 0.3 is 7.52 Å². The van der Waals surface area contributed by atoms with Crippen LogP contribution in [0.25, 0.3) is 0 Å². The molecular weight excluding hydrogens is 365 g/mol. The fraction of sp³-hybridized carbons (Fsp3) is 0.947. The first kappa shape index (κ1) is 26.4. The average Bonchev–Trinajstić information content (AvgIpc) is 2.67. The minimum Gasteiger partial charge on any atom is -0.370 e. The lowest BCUT2D eigenvalue weighted by Gasteiger charge is -2.35. The van der Waals surface area contributed by atoms with Crippen molar-refractivity contribution in [3.8, 4) is 0 Å². The zero-order chi connectivity index (χ0) is 20.6. The topological polar surface area (TPSA) is 95.2 Å². The number of unbranched alkanes of at least 4 members (excludes halogenated alkanes) is 9. The SMILES string of the molecule is CCCCCCCCCCCCN=C(N)NP(=O)(OC)C(CC)(OC)OC. The van der Waals surface area contributed by atoms with Crippen molar-refractivity contribution in [1.82, 2.24) is 5.09 Å². The Morgan fingerprint density at radius 1 is 0.926 bits per heavy atom. The van der Waals surface area contributed by atoms with Crippen LogP contribution in [0.15, 0.2) is 4.99 Å². The smallest absolute Gasteiger partial charge is 0.354 e. The van der Waals surface area contributed by atoms with Crippen molar-refractivity contribution in [2.45, 2.75) is 90.0 Å². The molecule has 0 rings (SSSR count). The number of ether oxygens (including phenoxy) is 2. The van der Waals surface area contributed by atoms with Crippen LogP contribution in [0.2, 0.25) is 0 Å². The summed E-state index contributed by atoms with van der Waals surface area (Å²) in [5, 5.41) is 2.68. The molecule has 0 saturated heterocycles. The minimum absolute atomic E-state index is 0.0861. The Bertz CT molecular complexity index is 434. The first-order chi connectivity index (χ1) is 12.9. The fourth-order valence-electron chi connectivity index (χ4n) is 3.08. The van der Waals surface area contributed by atoms with Gasteiger partial charge in [0.1, 0.15) is 0 Å². The van der Waals surface area contributed by atoms with Crippen LogP contribution in [0.4, 0.5) is 0 Å². The summed E-state index contributed by atoms with van der Waals surface area (Å²) >= 11 is 0. The summed E-state index contributed by atoms with van der Waals surface area (Å²) in [6.45, 7) is 4.64. The third-order valence-electron chi connectivity index (χ3n) is 4.85. The lowest BCUT2D eigenvalue weighted by Crippen LogP contribution is -2.42. The van der Waals surface area contributed by atoms with E-state index in [2.05, 4.69) is 17.0 Å². The molecule has 0 radical (unpaired) electrons. The molecule has 0 amide bonds. The van der Waals surface area contributed by atoms with E-state index < -0.39 is 13.0 Å². The number of nitrogens with one attached hydrogen (secondary N) is 1. The molecule has 8 heteroatoms. The van der Waals surface area contributed by atoms with Gasteiger partial charge in [0.2, 0.25) is 0 Å². The summed E-state index contributed by atoms with van der Waals surface area (Å²) in [4.78, 5) is 4.26. The molecule has 1 atom stereocenters. The van der Waals surface area contributed by atoms with Gasteiger partial charge in [-0.2, -0.15) is 0 Å². The van der Waals surface area contributed by atoms with Crippen molar-refractivity contribution in [3.05, 3.63) is 0 Å². The Labute approximate surface area is 166 Å². The van der Waals surface area contributed by atoms with E-state index in [0.29, 0.717) is 13.0 Å². The zero-order valence-electron chi connectivity index (χ0n) is 18.1. The number of rotatable bonds is 17. The maximum atomic E-state index is 13.1. The van der Waals surface area contributed by atoms with Gasteiger partial charge in [0.25, 0.3) is 5.53 Å². The zero-order valence-corrected chi connectivity index (χ0v) is 19.0. The van der Waals surface area contributed by atoms with Gasteiger partial charge in [-0.15, -0.1) is 0 Å². The summed E-state index contributed by atoms with van der Waals surface area (Å²) in [5.74, 6) is 0.0861. The third-order valence-corrected chi connectivity index (χ3v) is 7.46. The van der Waals surface area contributed by atoms with Gasteiger partial charge in [-0.25, -0.2) is 0 Å². The summed E-state index contributed by atoms with van der Waals surface area (Å²) < 4.78 is 28.9. The maximum Gasteiger partial charge on any atom is 0.354 e. The third kappa shape index (κ3) is 9.42. The molecule has 0 saturated carbocycles. The largest absolute Gasteiger partial charge is 0.370 e. The highest BCUT2D eigenvalue weighted by molar-refractivity contribution is 7.58. The van der Waals surface area contributed by atoms with E-state index in [1.807, 2.05) is 0 Å². The second-order valence-electron chi connectivity index (χ2n) is 6.77. The predicted octanol–water partition coefficient (Wildman–Crippen LogP) is 5.01. The predicted molar refractivity (Wildman–Crippen MR) is 113 cm³/mol. The van der Waals surface area contributed by atoms with Crippen LogP contribution in [-0.2, 0) is 18.6 Å². The van der Waals surface area contributed by atoms with Crippen molar-refractivity contribution in [1.29, 1.82) is 0 Å². The van der Waals surface area contributed by atoms with Gasteiger partial charge in [0.05, 0.1) is 0 Å². The Balaban J connectivity index is 4.15. The number of nitrogens with zero attached hydrogens (tertiary/aromatic N) is 1. The molecule has 0 fully saturated rings. The highest BCUT2D eigenvalue weighted by Crippen LogP contribution is 2.57. The van der Waals surface area contributed by atoms with E-state index in [1.165, 1.54) is 72.7 Å². The number of methoxy groups -OCH3 is 2. The number of guanidine groups is 1. The standard InChI is InChI=1S/C19H42N3O4P/c1-6-8-9-10-11-12-13-14-15-16-17-21-18(20)22-27(23,26-5)19(7-2,24-3)25-4/h6-17H2,1-5H3,(H3,20,21,22,23). The number of aliphatic imine (C=N–C) groups is 1. The van der Waals surface area contributed by atoms with Crippen LogP contribution in [0.3, 0.4) is 0 Å². The lowest BCUT2D eigenvalue weighted by atomic mass is 10.1. The Morgan fingerprint density at radius 3 is 1.81 bits per heavy atom. The number of hydrogen-bond acceptors (Lipinski definition) is 5. The minimum atomic E-state index is -3.53. The van der Waals surface area contributed by atoms with Gasteiger partial charge in [-0.05, 0) is 6.42 Å². The molecule has 0 aliphatic rings. The number of hydrogen-bond donors (Lipinski definition) is 2. The summed E-state index contributed by atoms with van der Waals surface area (Å²) in [6.07, 6.45) is 13.0. The lowest BCUT2D eigenvalue weighted by molar-refractivity contribution is -0.151. The van der Waals surface area contributed by atoms with Crippen molar-refractivity contribution >= 4 is 13.5 Å². The van der Waals surface area contributed by atoms with Crippen molar-refractivity contribution in [2.75, 3.05) is 27.9 Å². The summed E-state index contributed by atoms with van der Waals surface area (Å²) in [5.41, 5.74) is 4.50. The van der Waals surface area contributed by atoms with Crippen molar-refractivity contribution in [3.63, 3.8) is 0 Å². The summed E-state index contributed by atoms with van der Waals surface area (Å²) in [6, 6.07) is 0. The van der Waals surface area contributed by atoms with Gasteiger partial charge in [-0.1, -0.05) is 71.6 Å². The molecule has 162 valence electrons. The monoisotopic (exact) mass is 407 g/mol. The van der Waals surface area contributed by atoms with Crippen LogP contribution in [0, 0.1) is 0 Å². The van der Waals surface area contributed by atoms with Crippen LogP contribution in [0.1, 0.15) is 84.5 Å². The molecule has 3 N–H and O–H groups in total. The molecule has 0 aliphatic heterocycles. The second kappa shape index (κ2) is 15.3. The molecule has 0 aromatic rings. The van der Waals surface area contributed by atoms with Crippen molar-refractivity contribution in [2.24, 2.45) is 10.7 Å². The molecule has 0 heterocycles. The molecule has 0 aliphatic carbocycles.